The molecular formula is C24H40N4O2. The molecule has 1 saturated carbocycles. The van der Waals surface area contributed by atoms with Crippen molar-refractivity contribution >= 4 is 23.3 Å². The molecule has 6 nitrogen and oxygen atoms in total. The fourth-order valence-corrected chi connectivity index (χ4v) is 3.88. The number of anilines is 2. The maximum absolute atomic E-state index is 13.0. The van der Waals surface area contributed by atoms with Gasteiger partial charge in [-0.05, 0) is 70.7 Å². The summed E-state index contributed by atoms with van der Waals surface area (Å²) in [5.41, 5.74) is 2.57. The van der Waals surface area contributed by atoms with Crippen LogP contribution in [0.15, 0.2) is 18.2 Å². The monoisotopic (exact) mass is 416 g/mol. The van der Waals surface area contributed by atoms with E-state index in [2.05, 4.69) is 24.5 Å². The van der Waals surface area contributed by atoms with Crippen LogP contribution in [0.2, 0.25) is 0 Å². The molecule has 0 saturated heterocycles. The lowest BCUT2D eigenvalue weighted by molar-refractivity contribution is -0.119. The molecule has 0 unspecified atom stereocenters. The lowest BCUT2D eigenvalue weighted by atomic mass is 10.1. The average Bonchev–Trinajstić information content (AvgIpc) is 3.18. The van der Waals surface area contributed by atoms with Gasteiger partial charge >= 0.3 is 6.03 Å². The standard InChI is InChI=1S/C24H40N4O2/c1-8-17(2)28(23(30)26-24(3,4)5)16-19-15-20(13-14-21(19)27(6)7)25-22(29)18-11-9-10-12-18/h13-15,17-18H,8-12,16H2,1-7H3,(H,25,29)(H,26,30)/t17-/m0/s1. The Morgan fingerprint density at radius 1 is 1.17 bits per heavy atom. The summed E-state index contributed by atoms with van der Waals surface area (Å²) in [6.45, 7) is 10.6. The Morgan fingerprint density at radius 3 is 2.33 bits per heavy atom. The zero-order chi connectivity index (χ0) is 22.5. The predicted molar refractivity (Wildman–Crippen MR) is 125 cm³/mol. The number of amides is 3. The van der Waals surface area contributed by atoms with Gasteiger partial charge in [0.15, 0.2) is 0 Å². The summed E-state index contributed by atoms with van der Waals surface area (Å²) >= 11 is 0. The molecule has 0 radical (unpaired) electrons. The fraction of sp³-hybridized carbons (Fsp3) is 0.667. The van der Waals surface area contributed by atoms with Gasteiger partial charge in [0.25, 0.3) is 0 Å². The Hall–Kier alpha value is -2.24. The first-order valence-corrected chi connectivity index (χ1v) is 11.2. The highest BCUT2D eigenvalue weighted by Crippen LogP contribution is 2.29. The van der Waals surface area contributed by atoms with Crippen molar-refractivity contribution in [3.8, 4) is 0 Å². The quantitative estimate of drug-likeness (QED) is 0.658. The van der Waals surface area contributed by atoms with Crippen LogP contribution in [-0.2, 0) is 11.3 Å². The Morgan fingerprint density at radius 2 is 1.80 bits per heavy atom. The van der Waals surface area contributed by atoms with Gasteiger partial charge in [0.2, 0.25) is 5.91 Å². The van der Waals surface area contributed by atoms with Crippen LogP contribution in [-0.4, -0.2) is 42.5 Å². The van der Waals surface area contributed by atoms with Crippen LogP contribution >= 0.6 is 0 Å². The van der Waals surface area contributed by atoms with Crippen LogP contribution in [0.25, 0.3) is 0 Å². The SMILES string of the molecule is CC[C@H](C)N(Cc1cc(NC(=O)C2CCCC2)ccc1N(C)C)C(=O)NC(C)(C)C. The van der Waals surface area contributed by atoms with Gasteiger partial charge in [0.05, 0.1) is 0 Å². The van der Waals surface area contributed by atoms with Crippen LogP contribution in [0.4, 0.5) is 16.2 Å². The van der Waals surface area contributed by atoms with E-state index in [0.717, 1.165) is 49.0 Å². The van der Waals surface area contributed by atoms with Crippen LogP contribution in [0, 0.1) is 5.92 Å². The highest BCUT2D eigenvalue weighted by Gasteiger charge is 2.26. The second kappa shape index (κ2) is 10.2. The molecule has 6 heteroatoms. The molecule has 1 aromatic carbocycles. The number of nitrogens with one attached hydrogen (secondary N) is 2. The van der Waals surface area contributed by atoms with Crippen molar-refractivity contribution in [2.45, 2.75) is 84.8 Å². The molecule has 30 heavy (non-hydrogen) atoms. The summed E-state index contributed by atoms with van der Waals surface area (Å²) in [6, 6.07) is 6.02. The first kappa shape index (κ1) is 24.0. The minimum Gasteiger partial charge on any atom is -0.377 e. The van der Waals surface area contributed by atoms with E-state index in [1.165, 1.54) is 0 Å². The molecule has 1 atom stereocenters. The van der Waals surface area contributed by atoms with E-state index in [9.17, 15) is 9.59 Å². The minimum atomic E-state index is -0.301. The van der Waals surface area contributed by atoms with Gasteiger partial charge in [-0.15, -0.1) is 0 Å². The lowest BCUT2D eigenvalue weighted by Crippen LogP contribution is -2.51. The largest absolute Gasteiger partial charge is 0.377 e. The molecule has 2 N–H and O–H groups in total. The third-order valence-corrected chi connectivity index (χ3v) is 5.76. The van der Waals surface area contributed by atoms with Crippen LogP contribution in [0.1, 0.15) is 72.3 Å². The smallest absolute Gasteiger partial charge is 0.318 e. The molecule has 0 spiro atoms. The number of carbonyl (C=O) groups is 2. The maximum Gasteiger partial charge on any atom is 0.318 e. The molecule has 1 aromatic rings. The van der Waals surface area contributed by atoms with Crippen molar-refractivity contribution in [1.29, 1.82) is 0 Å². The van der Waals surface area contributed by atoms with E-state index in [-0.39, 0.29) is 29.4 Å². The summed E-state index contributed by atoms with van der Waals surface area (Å²) < 4.78 is 0. The van der Waals surface area contributed by atoms with Gasteiger partial charge in [-0.3, -0.25) is 4.79 Å². The van der Waals surface area contributed by atoms with E-state index < -0.39 is 0 Å². The van der Waals surface area contributed by atoms with Crippen molar-refractivity contribution in [2.75, 3.05) is 24.3 Å². The van der Waals surface area contributed by atoms with Crippen molar-refractivity contribution in [3.05, 3.63) is 23.8 Å². The van der Waals surface area contributed by atoms with Crippen molar-refractivity contribution in [2.24, 2.45) is 5.92 Å². The van der Waals surface area contributed by atoms with E-state index in [0.29, 0.717) is 6.54 Å². The molecule has 2 rings (SSSR count). The van der Waals surface area contributed by atoms with E-state index in [1.54, 1.807) is 0 Å². The lowest BCUT2D eigenvalue weighted by Gasteiger charge is -2.33. The van der Waals surface area contributed by atoms with E-state index >= 15 is 0 Å². The van der Waals surface area contributed by atoms with Crippen LogP contribution in [0.3, 0.4) is 0 Å². The summed E-state index contributed by atoms with van der Waals surface area (Å²) in [4.78, 5) is 29.5. The number of hydrogen-bond acceptors (Lipinski definition) is 3. The number of benzene rings is 1. The van der Waals surface area contributed by atoms with Gasteiger partial charge in [-0.25, -0.2) is 4.79 Å². The van der Waals surface area contributed by atoms with Gasteiger partial charge in [-0.1, -0.05) is 19.8 Å². The Kier molecular flexibility index (Phi) is 8.16. The number of rotatable bonds is 7. The molecule has 0 bridgehead atoms. The maximum atomic E-state index is 13.0. The molecule has 0 aromatic heterocycles. The summed E-state index contributed by atoms with van der Waals surface area (Å²) in [7, 11) is 4.00. The third kappa shape index (κ3) is 6.64. The van der Waals surface area contributed by atoms with Crippen LogP contribution < -0.4 is 15.5 Å². The topological polar surface area (TPSA) is 64.7 Å². The Balaban J connectivity index is 2.28. The first-order chi connectivity index (χ1) is 14.0. The van der Waals surface area contributed by atoms with Crippen molar-refractivity contribution < 1.29 is 9.59 Å². The molecular weight excluding hydrogens is 376 g/mol. The van der Waals surface area contributed by atoms with Gasteiger partial charge in [0, 0.05) is 49.5 Å². The highest BCUT2D eigenvalue weighted by molar-refractivity contribution is 5.93. The zero-order valence-electron chi connectivity index (χ0n) is 19.8. The predicted octanol–water partition coefficient (Wildman–Crippen LogP) is 4.99. The molecule has 3 amide bonds. The number of hydrogen-bond donors (Lipinski definition) is 2. The van der Waals surface area contributed by atoms with Gasteiger partial charge in [0.1, 0.15) is 0 Å². The minimum absolute atomic E-state index is 0.0676. The summed E-state index contributed by atoms with van der Waals surface area (Å²) in [5, 5.41) is 6.19. The normalized spacial score (nSPS) is 15.6. The highest BCUT2D eigenvalue weighted by atomic mass is 16.2. The molecule has 1 fully saturated rings. The first-order valence-electron chi connectivity index (χ1n) is 11.2. The van der Waals surface area contributed by atoms with Gasteiger partial charge < -0.3 is 20.4 Å². The second-order valence-corrected chi connectivity index (χ2v) is 9.77. The molecule has 168 valence electrons. The summed E-state index contributed by atoms with van der Waals surface area (Å²) in [5.74, 6) is 0.233. The van der Waals surface area contributed by atoms with E-state index in [4.69, 9.17) is 0 Å². The molecule has 0 heterocycles. The second-order valence-electron chi connectivity index (χ2n) is 9.77. The Labute approximate surface area is 182 Å². The number of urea groups is 1. The van der Waals surface area contributed by atoms with Gasteiger partial charge in [-0.2, -0.15) is 0 Å². The number of nitrogens with zero attached hydrogens (tertiary/aromatic N) is 2. The zero-order valence-corrected chi connectivity index (χ0v) is 19.8. The summed E-state index contributed by atoms with van der Waals surface area (Å²) in [6.07, 6.45) is 5.09. The fourth-order valence-electron chi connectivity index (χ4n) is 3.88. The molecule has 1 aliphatic rings. The average molecular weight is 417 g/mol. The van der Waals surface area contributed by atoms with Crippen LogP contribution in [0.5, 0.6) is 0 Å². The molecule has 1 aliphatic carbocycles. The van der Waals surface area contributed by atoms with E-state index in [1.807, 2.05) is 62.9 Å². The Bertz CT molecular complexity index is 733. The molecule has 0 aliphatic heterocycles. The number of carbonyl (C=O) groups excluding carboxylic acids is 2. The third-order valence-electron chi connectivity index (χ3n) is 5.76. The van der Waals surface area contributed by atoms with Crippen molar-refractivity contribution in [1.82, 2.24) is 10.2 Å². The van der Waals surface area contributed by atoms with Crippen molar-refractivity contribution in [3.63, 3.8) is 0 Å².